The fourth-order valence-electron chi connectivity index (χ4n) is 18.7. The number of nitrogens with zero attached hydrogens (tertiary/aromatic N) is 6. The number of nitrogens with one attached hydrogen (secondary N) is 2. The van der Waals surface area contributed by atoms with Crippen molar-refractivity contribution in [2.45, 2.75) is 388 Å². The highest BCUT2D eigenvalue weighted by Crippen LogP contribution is 2.49. The molecule has 0 unspecified atom stereocenters. The van der Waals surface area contributed by atoms with Crippen LogP contribution in [0.2, 0.25) is 0 Å². The van der Waals surface area contributed by atoms with Crippen molar-refractivity contribution in [3.63, 3.8) is 0 Å². The summed E-state index contributed by atoms with van der Waals surface area (Å²) in [5, 5.41) is 4.78. The number of aromatic nitrogens is 8. The molecule has 0 aliphatic carbocycles. The highest BCUT2D eigenvalue weighted by molar-refractivity contribution is 6.12. The molecule has 0 saturated heterocycles. The lowest BCUT2D eigenvalue weighted by Crippen LogP contribution is -1.98. The molecule has 11 rings (SSSR count). The number of unbranched alkanes of at least 4 members (excludes halogenated alkanes) is 42. The second kappa shape index (κ2) is 49.6. The van der Waals surface area contributed by atoms with Gasteiger partial charge in [-0.25, -0.2) is 29.9 Å². The third-order valence-corrected chi connectivity index (χ3v) is 25.5. The van der Waals surface area contributed by atoms with Gasteiger partial charge in [-0.05, 0) is 157 Å². The Bertz CT molecular complexity index is 4580. The van der Waals surface area contributed by atoms with Gasteiger partial charge in [0.1, 0.15) is 34.1 Å². The molecule has 10 heteroatoms. The first-order valence-electron chi connectivity index (χ1n) is 48.1. The van der Waals surface area contributed by atoms with Crippen LogP contribution in [-0.2, 0) is 38.5 Å². The van der Waals surface area contributed by atoms with E-state index in [4.69, 9.17) is 39.4 Å². The predicted octanol–water partition coefficient (Wildman–Crippen LogP) is 32.3. The predicted molar refractivity (Wildman–Crippen MR) is 498 cm³/mol. The Morgan fingerprint density at radius 1 is 0.207 bits per heavy atom. The highest BCUT2D eigenvalue weighted by Gasteiger charge is 2.32. The molecule has 0 atom stereocenters. The number of H-pyrrole nitrogens is 2. The molecule has 116 heavy (non-hydrogen) atoms. The van der Waals surface area contributed by atoms with Gasteiger partial charge in [0, 0.05) is 43.8 Å². The molecule has 6 aromatic carbocycles. The van der Waals surface area contributed by atoms with Crippen LogP contribution in [0.1, 0.15) is 383 Å². The van der Waals surface area contributed by atoms with Crippen molar-refractivity contribution in [2.75, 3.05) is 14.2 Å². The van der Waals surface area contributed by atoms with E-state index >= 15 is 0 Å². The Hall–Kier alpha value is -7.72. The van der Waals surface area contributed by atoms with Crippen molar-refractivity contribution >= 4 is 44.1 Å². The molecule has 10 nitrogen and oxygen atoms in total. The van der Waals surface area contributed by atoms with Crippen LogP contribution in [0, 0.1) is 0 Å². The maximum Gasteiger partial charge on any atom is 0.165 e. The topological polar surface area (TPSA) is 127 Å². The highest BCUT2D eigenvalue weighted by atomic mass is 16.5. The van der Waals surface area contributed by atoms with E-state index in [1.54, 1.807) is 14.2 Å². The summed E-state index contributed by atoms with van der Waals surface area (Å²) in [5.74, 6) is 4.25. The SMILES string of the molecule is CCCCCCCCCCc1ccc(CCCCCCCCCC)c2c1-c1nc-2nc2[nH]c(nc3[nH]c(nc4nc(n1)-c1c(-c5ccc(OC)cc5)ccc(-c5ccc(OC)cc5)c1-4)c1c(CCCCCCCCCC)ccc(CCCCCCCCCC)c31)c1c(CCCCCCCCCC)ccc(CCCCCCCCCC)c21. The minimum Gasteiger partial charge on any atom is -0.497 e. The first-order valence-corrected chi connectivity index (χ1v) is 48.1. The normalized spacial score (nSPS) is 11.9. The summed E-state index contributed by atoms with van der Waals surface area (Å²) in [6.45, 7) is 13.9. The number of ether oxygens (including phenoxy) is 2. The number of rotatable bonds is 58. The second-order valence-electron chi connectivity index (χ2n) is 34.7. The van der Waals surface area contributed by atoms with E-state index in [0.717, 1.165) is 167 Å². The Morgan fingerprint density at radius 3 is 0.672 bits per heavy atom. The second-order valence-corrected chi connectivity index (χ2v) is 34.7. The fraction of sp³-hybridized carbons (Fsp3) is 0.585. The largest absolute Gasteiger partial charge is 0.497 e. The molecule has 2 aliphatic rings. The van der Waals surface area contributed by atoms with Crippen LogP contribution < -0.4 is 9.47 Å². The van der Waals surface area contributed by atoms with Crippen LogP contribution in [0.15, 0.2) is 97.1 Å². The van der Waals surface area contributed by atoms with Gasteiger partial charge in [0.25, 0.3) is 0 Å². The third kappa shape index (κ3) is 25.2. The zero-order chi connectivity index (χ0) is 80.7. The van der Waals surface area contributed by atoms with Crippen LogP contribution >= 0.6 is 0 Å². The van der Waals surface area contributed by atoms with Gasteiger partial charge in [-0.15, -0.1) is 0 Å². The van der Waals surface area contributed by atoms with Crippen LogP contribution in [0.25, 0.3) is 112 Å². The Morgan fingerprint density at radius 2 is 0.414 bits per heavy atom. The van der Waals surface area contributed by atoms with E-state index in [2.05, 4.69) is 149 Å². The molecule has 0 fully saturated rings. The van der Waals surface area contributed by atoms with E-state index in [0.29, 0.717) is 17.5 Å². The lowest BCUT2D eigenvalue weighted by Gasteiger charge is -2.15. The van der Waals surface area contributed by atoms with Gasteiger partial charge in [-0.3, -0.25) is 0 Å². The van der Waals surface area contributed by atoms with Gasteiger partial charge in [0.2, 0.25) is 0 Å². The molecular weight excluding hydrogens is 1420 g/mol. The Kier molecular flexibility index (Phi) is 38.1. The molecule has 3 aromatic heterocycles. The molecule has 9 aromatic rings. The zero-order valence-electron chi connectivity index (χ0n) is 73.9. The quantitative estimate of drug-likeness (QED) is 0.0361. The average molecular weight is 1570 g/mol. The van der Waals surface area contributed by atoms with E-state index < -0.39 is 0 Å². The number of aryl methyl sites for hydroxylation is 6. The van der Waals surface area contributed by atoms with Crippen molar-refractivity contribution in [2.24, 2.45) is 0 Å². The van der Waals surface area contributed by atoms with Gasteiger partial charge in [-0.1, -0.05) is 384 Å². The smallest absolute Gasteiger partial charge is 0.165 e. The first-order chi connectivity index (χ1) is 57.3. The third-order valence-electron chi connectivity index (χ3n) is 25.5. The van der Waals surface area contributed by atoms with Crippen LogP contribution in [-0.4, -0.2) is 54.1 Å². The van der Waals surface area contributed by atoms with Crippen LogP contribution in [0.4, 0.5) is 0 Å². The van der Waals surface area contributed by atoms with Crippen LogP contribution in [0.5, 0.6) is 11.5 Å². The number of aromatic amines is 2. The van der Waals surface area contributed by atoms with E-state index in [-0.39, 0.29) is 0 Å². The van der Waals surface area contributed by atoms with Gasteiger partial charge >= 0.3 is 0 Å². The molecule has 8 bridgehead atoms. The average Bonchev–Trinajstić information content (AvgIpc) is 1.57. The fourth-order valence-corrected chi connectivity index (χ4v) is 18.7. The molecular formula is C106H150N8O2. The van der Waals surface area contributed by atoms with E-state index in [1.807, 2.05) is 0 Å². The van der Waals surface area contributed by atoms with Gasteiger partial charge < -0.3 is 19.4 Å². The molecule has 0 radical (unpaired) electrons. The lowest BCUT2D eigenvalue weighted by atomic mass is 9.89. The minimum atomic E-state index is 0.602. The van der Waals surface area contributed by atoms with E-state index in [1.165, 1.54) is 319 Å². The summed E-state index contributed by atoms with van der Waals surface area (Å²) >= 11 is 0. The standard InChI is InChI=1S/C106H150N8O2/c1-9-15-21-27-33-39-45-51-57-81-63-64-82(58-52-46-40-34-28-22-16-10-2)92-91(81)99-107-100(92)109-102-94-84(60-54-48-42-36-30-24-18-12-4)66-68-86(62-56-50-44-38-32-26-20-14-6)96(94)104(111-102)113-106-98-90(80-71-75-88(116-8)76-72-80)78-77-89(79-69-73-87(115-7)74-70-79)97(98)105(114-106)112-103-95-85(61-55-49-43-37-31-25-19-13-5)67-65-83(93(95)101(108-99)110-103)59-53-47-41-35-29-23-17-11-3/h63-78H,9-62H2,1-8H3,(H2,107,108,109,110,111,112,113,114). The minimum absolute atomic E-state index is 0.602. The van der Waals surface area contributed by atoms with Crippen molar-refractivity contribution in [1.82, 2.24) is 39.9 Å². The molecule has 2 N–H and O–H groups in total. The van der Waals surface area contributed by atoms with Crippen molar-refractivity contribution in [1.29, 1.82) is 0 Å². The van der Waals surface area contributed by atoms with Gasteiger partial charge in [0.15, 0.2) is 23.3 Å². The maximum absolute atomic E-state index is 6.24. The van der Waals surface area contributed by atoms with Crippen molar-refractivity contribution in [3.05, 3.63) is 130 Å². The summed E-state index contributed by atoms with van der Waals surface area (Å²) in [5.41, 5.74) is 19.6. The summed E-state index contributed by atoms with van der Waals surface area (Å²) in [7, 11) is 3.50. The Balaban J connectivity index is 1.24. The summed E-state index contributed by atoms with van der Waals surface area (Å²) in [4.78, 5) is 45.0. The summed E-state index contributed by atoms with van der Waals surface area (Å²) in [6.07, 6.45) is 66.3. The number of benzene rings is 6. The monoisotopic (exact) mass is 1570 g/mol. The number of hydrogen-bond donors (Lipinski definition) is 2. The molecule has 2 aliphatic heterocycles. The number of fused-ring (bicyclic) bond motifs is 20. The zero-order valence-corrected chi connectivity index (χ0v) is 73.9. The molecule has 0 spiro atoms. The van der Waals surface area contributed by atoms with Gasteiger partial charge in [0.05, 0.1) is 14.2 Å². The molecule has 5 heterocycles. The molecule has 0 saturated carbocycles. The number of methoxy groups -OCH3 is 2. The first kappa shape index (κ1) is 89.1. The number of hydrogen-bond acceptors (Lipinski definition) is 8. The summed E-state index contributed by atoms with van der Waals surface area (Å²) in [6, 6.07) is 36.5. The molecule has 626 valence electrons. The summed E-state index contributed by atoms with van der Waals surface area (Å²) < 4.78 is 11.7. The molecule has 0 amide bonds. The lowest BCUT2D eigenvalue weighted by molar-refractivity contribution is 0.415. The Labute approximate surface area is 701 Å². The maximum atomic E-state index is 6.24. The van der Waals surface area contributed by atoms with Gasteiger partial charge in [-0.2, -0.15) is 0 Å². The van der Waals surface area contributed by atoms with Crippen LogP contribution in [0.3, 0.4) is 0 Å². The van der Waals surface area contributed by atoms with Crippen molar-refractivity contribution in [3.8, 4) is 79.3 Å². The van der Waals surface area contributed by atoms with E-state index in [9.17, 15) is 0 Å². The van der Waals surface area contributed by atoms with Crippen molar-refractivity contribution < 1.29 is 9.47 Å².